The molecule has 1 aromatic carbocycles. The van der Waals surface area contributed by atoms with Crippen LogP contribution >= 0.6 is 15.9 Å². The van der Waals surface area contributed by atoms with Crippen molar-refractivity contribution in [3.63, 3.8) is 0 Å². The smallest absolute Gasteiger partial charge is 0.0213 e. The quantitative estimate of drug-likeness (QED) is 0.900. The van der Waals surface area contributed by atoms with Gasteiger partial charge in [-0.15, -0.1) is 0 Å². The van der Waals surface area contributed by atoms with Gasteiger partial charge in [-0.3, -0.25) is 0 Å². The molecule has 1 nitrogen and oxygen atoms in total. The van der Waals surface area contributed by atoms with Crippen LogP contribution in [0.3, 0.4) is 0 Å². The molecule has 2 heteroatoms. The zero-order valence-electron chi connectivity index (χ0n) is 10.2. The van der Waals surface area contributed by atoms with E-state index in [0.717, 1.165) is 12.5 Å². The molecule has 0 bridgehead atoms. The van der Waals surface area contributed by atoms with E-state index in [9.17, 15) is 0 Å². The fraction of sp³-hybridized carbons (Fsp3) is 0.600. The van der Waals surface area contributed by atoms with Crippen molar-refractivity contribution < 1.29 is 0 Å². The lowest BCUT2D eigenvalue weighted by Crippen LogP contribution is -2.24. The van der Waals surface area contributed by atoms with Gasteiger partial charge >= 0.3 is 0 Å². The van der Waals surface area contributed by atoms with E-state index in [4.69, 9.17) is 5.73 Å². The van der Waals surface area contributed by atoms with Gasteiger partial charge in [0.15, 0.2) is 0 Å². The van der Waals surface area contributed by atoms with Crippen LogP contribution < -0.4 is 5.73 Å². The maximum absolute atomic E-state index is 5.95. The van der Waals surface area contributed by atoms with Crippen LogP contribution in [0, 0.1) is 11.8 Å². The Bertz CT molecular complexity index is 411. The van der Waals surface area contributed by atoms with Crippen LogP contribution in [0.5, 0.6) is 0 Å². The highest BCUT2D eigenvalue weighted by molar-refractivity contribution is 9.10. The van der Waals surface area contributed by atoms with Gasteiger partial charge in [0.1, 0.15) is 0 Å². The third-order valence-corrected chi connectivity index (χ3v) is 5.59. The summed E-state index contributed by atoms with van der Waals surface area (Å²) in [6.45, 7) is 0.845. The minimum absolute atomic E-state index is 0.408. The fourth-order valence-corrected chi connectivity index (χ4v) is 4.63. The Morgan fingerprint density at radius 2 is 1.94 bits per heavy atom. The van der Waals surface area contributed by atoms with Crippen molar-refractivity contribution in [2.24, 2.45) is 17.6 Å². The van der Waals surface area contributed by atoms with Crippen LogP contribution in [0.15, 0.2) is 28.7 Å². The monoisotopic (exact) mass is 293 g/mol. The summed E-state index contributed by atoms with van der Waals surface area (Å²) in [5, 5.41) is 0. The number of benzene rings is 1. The van der Waals surface area contributed by atoms with Crippen molar-refractivity contribution in [3.05, 3.63) is 34.3 Å². The predicted octanol–water partition coefficient (Wildman–Crippen LogP) is 3.86. The Morgan fingerprint density at radius 3 is 2.53 bits per heavy atom. The lowest BCUT2D eigenvalue weighted by atomic mass is 9.79. The molecule has 0 heterocycles. The van der Waals surface area contributed by atoms with Crippen LogP contribution in [0.25, 0.3) is 0 Å². The summed E-state index contributed by atoms with van der Waals surface area (Å²) in [7, 11) is 0. The minimum atomic E-state index is 0.408. The van der Waals surface area contributed by atoms with E-state index in [0.29, 0.717) is 11.3 Å². The number of nitrogens with two attached hydrogens (primary N) is 1. The molecule has 0 aromatic heterocycles. The molecule has 17 heavy (non-hydrogen) atoms. The van der Waals surface area contributed by atoms with Gasteiger partial charge in [0.2, 0.25) is 0 Å². The summed E-state index contributed by atoms with van der Waals surface area (Å²) in [6.07, 6.45) is 6.93. The Labute approximate surface area is 112 Å². The molecule has 0 spiro atoms. The number of hydrogen-bond acceptors (Lipinski definition) is 1. The van der Waals surface area contributed by atoms with Gasteiger partial charge in [0.05, 0.1) is 0 Å². The van der Waals surface area contributed by atoms with Gasteiger partial charge < -0.3 is 5.73 Å². The third kappa shape index (κ3) is 1.77. The van der Waals surface area contributed by atoms with E-state index >= 15 is 0 Å². The molecule has 0 amide bonds. The highest BCUT2D eigenvalue weighted by atomic mass is 79.9. The second-order valence-electron chi connectivity index (χ2n) is 5.64. The predicted molar refractivity (Wildman–Crippen MR) is 74.9 cm³/mol. The van der Waals surface area contributed by atoms with Gasteiger partial charge in [0, 0.05) is 9.89 Å². The lowest BCUT2D eigenvalue weighted by Gasteiger charge is -2.26. The number of rotatable bonds is 3. The molecule has 92 valence electrons. The van der Waals surface area contributed by atoms with Crippen molar-refractivity contribution in [2.45, 2.75) is 37.5 Å². The van der Waals surface area contributed by atoms with Crippen LogP contribution in [0.1, 0.15) is 37.7 Å². The summed E-state index contributed by atoms with van der Waals surface area (Å²) >= 11 is 3.74. The van der Waals surface area contributed by atoms with Gasteiger partial charge in [-0.2, -0.15) is 0 Å². The van der Waals surface area contributed by atoms with Gasteiger partial charge in [-0.25, -0.2) is 0 Å². The van der Waals surface area contributed by atoms with E-state index in [1.54, 1.807) is 0 Å². The zero-order valence-corrected chi connectivity index (χ0v) is 11.7. The number of halogens is 1. The molecule has 2 atom stereocenters. The topological polar surface area (TPSA) is 26.0 Å². The van der Waals surface area contributed by atoms with Gasteiger partial charge in [-0.05, 0) is 49.3 Å². The second-order valence-corrected chi connectivity index (χ2v) is 6.49. The molecule has 2 fully saturated rings. The summed E-state index contributed by atoms with van der Waals surface area (Å²) in [5.74, 6) is 1.58. The summed E-state index contributed by atoms with van der Waals surface area (Å²) in [5.41, 5.74) is 7.87. The first kappa shape index (κ1) is 11.7. The van der Waals surface area contributed by atoms with Crippen LogP contribution in [-0.4, -0.2) is 6.54 Å². The summed E-state index contributed by atoms with van der Waals surface area (Å²) in [6, 6.07) is 8.76. The molecular weight excluding hydrogens is 274 g/mol. The minimum Gasteiger partial charge on any atom is -0.330 e. The van der Waals surface area contributed by atoms with E-state index in [2.05, 4.69) is 40.2 Å². The highest BCUT2D eigenvalue weighted by Crippen LogP contribution is 2.63. The average molecular weight is 294 g/mol. The molecule has 0 saturated heterocycles. The van der Waals surface area contributed by atoms with Crippen LogP contribution in [0.4, 0.5) is 0 Å². The van der Waals surface area contributed by atoms with Crippen molar-refractivity contribution >= 4 is 15.9 Å². The fourth-order valence-electron chi connectivity index (χ4n) is 3.97. The second kappa shape index (κ2) is 4.40. The molecule has 1 aromatic rings. The first-order chi connectivity index (χ1) is 8.29. The normalized spacial score (nSPS) is 32.9. The van der Waals surface area contributed by atoms with Crippen LogP contribution in [0.2, 0.25) is 0 Å². The molecule has 0 radical (unpaired) electrons. The molecule has 2 N–H and O–H groups in total. The Balaban J connectivity index is 1.98. The Hall–Kier alpha value is -0.340. The van der Waals surface area contributed by atoms with Crippen molar-refractivity contribution in [3.8, 4) is 0 Å². The van der Waals surface area contributed by atoms with Crippen molar-refractivity contribution in [1.82, 2.24) is 0 Å². The molecule has 2 aliphatic carbocycles. The largest absolute Gasteiger partial charge is 0.330 e. The lowest BCUT2D eigenvalue weighted by molar-refractivity contribution is 0.385. The third-order valence-electron chi connectivity index (χ3n) is 4.90. The average Bonchev–Trinajstić information content (AvgIpc) is 2.83. The Kier molecular flexibility index (Phi) is 3.04. The highest BCUT2D eigenvalue weighted by Gasteiger charge is 2.59. The summed E-state index contributed by atoms with van der Waals surface area (Å²) in [4.78, 5) is 0. The Morgan fingerprint density at radius 1 is 1.24 bits per heavy atom. The SMILES string of the molecule is NC[C@@H]1CC1(c1ccccc1Br)C1CCCC1. The number of hydrogen-bond donors (Lipinski definition) is 1. The van der Waals surface area contributed by atoms with Gasteiger partial charge in [-0.1, -0.05) is 47.0 Å². The first-order valence-corrected chi connectivity index (χ1v) is 7.53. The zero-order chi connectivity index (χ0) is 11.9. The molecule has 0 aliphatic heterocycles. The maximum atomic E-state index is 5.95. The van der Waals surface area contributed by atoms with E-state index in [1.807, 2.05) is 0 Å². The first-order valence-electron chi connectivity index (χ1n) is 6.74. The van der Waals surface area contributed by atoms with Crippen LogP contribution in [-0.2, 0) is 5.41 Å². The molecule has 1 unspecified atom stereocenters. The van der Waals surface area contributed by atoms with Crippen molar-refractivity contribution in [1.29, 1.82) is 0 Å². The summed E-state index contributed by atoms with van der Waals surface area (Å²) < 4.78 is 1.28. The molecular formula is C15H20BrN. The van der Waals surface area contributed by atoms with E-state index < -0.39 is 0 Å². The molecule has 3 rings (SSSR count). The van der Waals surface area contributed by atoms with Gasteiger partial charge in [0.25, 0.3) is 0 Å². The van der Waals surface area contributed by atoms with E-state index in [-0.39, 0.29) is 0 Å². The van der Waals surface area contributed by atoms with E-state index in [1.165, 1.54) is 42.1 Å². The molecule has 2 aliphatic rings. The molecule has 2 saturated carbocycles. The maximum Gasteiger partial charge on any atom is 0.0213 e. The standard InChI is InChI=1S/C15H20BrN/c16-14-8-4-3-7-13(14)15(9-12(15)10-17)11-5-1-2-6-11/h3-4,7-8,11-12H,1-2,5-6,9-10,17H2/t12-,15?/m0/s1. The van der Waals surface area contributed by atoms with Crippen molar-refractivity contribution in [2.75, 3.05) is 6.54 Å².